The molecule has 0 spiro atoms. The van der Waals surface area contributed by atoms with Crippen LogP contribution in [0.5, 0.6) is 0 Å². The lowest BCUT2D eigenvalue weighted by atomic mass is 10.1. The van der Waals surface area contributed by atoms with Gasteiger partial charge in [0.15, 0.2) is 0 Å². The van der Waals surface area contributed by atoms with E-state index in [4.69, 9.17) is 0 Å². The monoisotopic (exact) mass is 179 g/mol. The molecule has 13 heavy (non-hydrogen) atoms. The van der Waals surface area contributed by atoms with E-state index >= 15 is 0 Å². The molecule has 1 unspecified atom stereocenters. The number of hydrogen-bond acceptors (Lipinski definition) is 2. The highest BCUT2D eigenvalue weighted by Gasteiger charge is 2.23. The molecule has 1 aliphatic heterocycles. The minimum Gasteiger partial charge on any atom is -0.354 e. The van der Waals surface area contributed by atoms with Gasteiger partial charge in [-0.2, -0.15) is 5.10 Å². The Bertz CT molecular complexity index is 290. The van der Waals surface area contributed by atoms with Crippen molar-refractivity contribution in [1.82, 2.24) is 9.78 Å². The van der Waals surface area contributed by atoms with Crippen LogP contribution >= 0.6 is 0 Å². The molecule has 3 heteroatoms. The molecule has 0 radical (unpaired) electrons. The number of rotatable bonds is 1. The molecule has 0 saturated heterocycles. The molecule has 0 aliphatic carbocycles. The van der Waals surface area contributed by atoms with Gasteiger partial charge in [-0.15, -0.1) is 0 Å². The minimum atomic E-state index is 0.556. The molecule has 0 bridgehead atoms. The zero-order chi connectivity index (χ0) is 9.42. The molecule has 0 N–H and O–H groups in total. The van der Waals surface area contributed by atoms with Crippen molar-refractivity contribution < 1.29 is 0 Å². The Balaban J connectivity index is 2.35. The van der Waals surface area contributed by atoms with Crippen molar-refractivity contribution in [3.05, 3.63) is 12.3 Å². The zero-order valence-electron chi connectivity index (χ0n) is 8.57. The molecular formula is C10H17N3. The maximum absolute atomic E-state index is 4.35. The molecule has 0 aromatic carbocycles. The molecule has 1 aromatic heterocycles. The minimum absolute atomic E-state index is 0.556. The average molecular weight is 179 g/mol. The number of anilines is 1. The Morgan fingerprint density at radius 1 is 1.54 bits per heavy atom. The molecule has 2 heterocycles. The summed E-state index contributed by atoms with van der Waals surface area (Å²) >= 11 is 0. The fraction of sp³-hybridized carbons (Fsp3) is 0.700. The number of aromatic nitrogens is 2. The second-order valence-corrected chi connectivity index (χ2v) is 4.06. The van der Waals surface area contributed by atoms with E-state index in [1.807, 2.05) is 6.20 Å². The topological polar surface area (TPSA) is 21.1 Å². The summed E-state index contributed by atoms with van der Waals surface area (Å²) in [4.78, 5) is 2.41. The van der Waals surface area contributed by atoms with Crippen LogP contribution in [-0.2, 0) is 0 Å². The van der Waals surface area contributed by atoms with Gasteiger partial charge in [0.2, 0.25) is 0 Å². The highest BCUT2D eigenvalue weighted by atomic mass is 15.4. The van der Waals surface area contributed by atoms with Crippen LogP contribution in [0.25, 0.3) is 0 Å². The van der Waals surface area contributed by atoms with Crippen molar-refractivity contribution in [2.45, 2.75) is 39.3 Å². The van der Waals surface area contributed by atoms with Crippen LogP contribution in [0.4, 0.5) is 5.82 Å². The van der Waals surface area contributed by atoms with Gasteiger partial charge >= 0.3 is 0 Å². The summed E-state index contributed by atoms with van der Waals surface area (Å²) in [6, 6.07) is 3.23. The number of hydrogen-bond donors (Lipinski definition) is 0. The predicted molar refractivity (Wildman–Crippen MR) is 54.0 cm³/mol. The molecule has 0 fully saturated rings. The Morgan fingerprint density at radius 2 is 2.31 bits per heavy atom. The molecule has 1 atom stereocenters. The van der Waals surface area contributed by atoms with E-state index in [0.717, 1.165) is 6.54 Å². The first-order valence-corrected chi connectivity index (χ1v) is 5.00. The van der Waals surface area contributed by atoms with Gasteiger partial charge in [-0.05, 0) is 27.2 Å². The highest BCUT2D eigenvalue weighted by molar-refractivity contribution is 5.41. The van der Waals surface area contributed by atoms with Crippen LogP contribution < -0.4 is 4.90 Å². The fourth-order valence-electron chi connectivity index (χ4n) is 1.96. The first-order valence-electron chi connectivity index (χ1n) is 5.00. The van der Waals surface area contributed by atoms with E-state index in [-0.39, 0.29) is 0 Å². The lowest BCUT2D eigenvalue weighted by Gasteiger charge is -2.35. The molecule has 72 valence electrons. The SMILES string of the molecule is CC(C)N1CCC(C)n2nccc21. The summed E-state index contributed by atoms with van der Waals surface area (Å²) in [5, 5.41) is 4.35. The summed E-state index contributed by atoms with van der Waals surface area (Å²) in [6.07, 6.45) is 3.10. The fourth-order valence-corrected chi connectivity index (χ4v) is 1.96. The van der Waals surface area contributed by atoms with E-state index in [0.29, 0.717) is 12.1 Å². The largest absolute Gasteiger partial charge is 0.354 e. The molecular weight excluding hydrogens is 162 g/mol. The molecule has 0 saturated carbocycles. The zero-order valence-corrected chi connectivity index (χ0v) is 8.57. The molecule has 1 aromatic rings. The van der Waals surface area contributed by atoms with Crippen molar-refractivity contribution in [2.24, 2.45) is 0 Å². The lowest BCUT2D eigenvalue weighted by Crippen LogP contribution is -2.38. The van der Waals surface area contributed by atoms with Crippen LogP contribution in [0.15, 0.2) is 12.3 Å². The highest BCUT2D eigenvalue weighted by Crippen LogP contribution is 2.27. The predicted octanol–water partition coefficient (Wildman–Crippen LogP) is 2.06. The molecule has 3 nitrogen and oxygen atoms in total. The Morgan fingerprint density at radius 3 is 3.00 bits per heavy atom. The van der Waals surface area contributed by atoms with E-state index in [2.05, 4.69) is 41.5 Å². The van der Waals surface area contributed by atoms with Crippen molar-refractivity contribution in [2.75, 3.05) is 11.4 Å². The van der Waals surface area contributed by atoms with Gasteiger partial charge in [-0.25, -0.2) is 4.68 Å². The molecule has 1 aliphatic rings. The van der Waals surface area contributed by atoms with Crippen LogP contribution in [0.3, 0.4) is 0 Å². The summed E-state index contributed by atoms with van der Waals surface area (Å²) in [5.41, 5.74) is 0. The first kappa shape index (κ1) is 8.60. The van der Waals surface area contributed by atoms with Crippen LogP contribution in [0.2, 0.25) is 0 Å². The van der Waals surface area contributed by atoms with Gasteiger partial charge in [0.25, 0.3) is 0 Å². The van der Waals surface area contributed by atoms with Gasteiger partial charge in [0.05, 0.1) is 12.2 Å². The van der Waals surface area contributed by atoms with E-state index in [9.17, 15) is 0 Å². The summed E-state index contributed by atoms with van der Waals surface area (Å²) < 4.78 is 2.13. The Labute approximate surface area is 79.3 Å². The van der Waals surface area contributed by atoms with Crippen LogP contribution in [0.1, 0.15) is 33.2 Å². The molecule has 2 rings (SSSR count). The van der Waals surface area contributed by atoms with Gasteiger partial charge in [-0.3, -0.25) is 0 Å². The van der Waals surface area contributed by atoms with Gasteiger partial charge in [0, 0.05) is 18.7 Å². The maximum Gasteiger partial charge on any atom is 0.127 e. The number of fused-ring (bicyclic) bond motifs is 1. The smallest absolute Gasteiger partial charge is 0.127 e. The normalized spacial score (nSPS) is 22.2. The summed E-state index contributed by atoms with van der Waals surface area (Å²) in [7, 11) is 0. The standard InChI is InChI=1S/C10H17N3/c1-8(2)12-7-5-9(3)13-10(12)4-6-11-13/h4,6,8-9H,5,7H2,1-3H3. The lowest BCUT2D eigenvalue weighted by molar-refractivity contribution is 0.410. The summed E-state index contributed by atoms with van der Waals surface area (Å²) in [5.74, 6) is 1.27. The van der Waals surface area contributed by atoms with Crippen molar-refractivity contribution in [1.29, 1.82) is 0 Å². The Kier molecular flexibility index (Phi) is 2.02. The number of nitrogens with zero attached hydrogens (tertiary/aromatic N) is 3. The third-order valence-electron chi connectivity index (χ3n) is 2.77. The van der Waals surface area contributed by atoms with Crippen molar-refractivity contribution in [3.8, 4) is 0 Å². The maximum atomic E-state index is 4.35. The quantitative estimate of drug-likeness (QED) is 0.658. The van der Waals surface area contributed by atoms with Crippen LogP contribution in [-0.4, -0.2) is 22.4 Å². The molecule has 0 amide bonds. The first-order chi connectivity index (χ1) is 6.20. The van der Waals surface area contributed by atoms with Crippen molar-refractivity contribution in [3.63, 3.8) is 0 Å². The van der Waals surface area contributed by atoms with Gasteiger partial charge in [-0.1, -0.05) is 0 Å². The third kappa shape index (κ3) is 1.32. The van der Waals surface area contributed by atoms with E-state index < -0.39 is 0 Å². The summed E-state index contributed by atoms with van der Waals surface area (Å²) in [6.45, 7) is 7.85. The van der Waals surface area contributed by atoms with Crippen molar-refractivity contribution >= 4 is 5.82 Å². The van der Waals surface area contributed by atoms with Crippen LogP contribution in [0, 0.1) is 0 Å². The average Bonchev–Trinajstić information content (AvgIpc) is 2.53. The second kappa shape index (κ2) is 3.05. The van der Waals surface area contributed by atoms with E-state index in [1.54, 1.807) is 0 Å². The Hall–Kier alpha value is -0.990. The van der Waals surface area contributed by atoms with E-state index in [1.165, 1.54) is 12.2 Å². The van der Waals surface area contributed by atoms with Gasteiger partial charge < -0.3 is 4.90 Å². The third-order valence-corrected chi connectivity index (χ3v) is 2.77. The second-order valence-electron chi connectivity index (χ2n) is 4.06. The van der Waals surface area contributed by atoms with Gasteiger partial charge in [0.1, 0.15) is 5.82 Å².